The third-order valence-corrected chi connectivity index (χ3v) is 10.8. The molecule has 6 rings (SSSR count). The van der Waals surface area contributed by atoms with Gasteiger partial charge in [-0.3, -0.25) is 0 Å². The highest BCUT2D eigenvalue weighted by Gasteiger charge is 2.99. The Bertz CT molecular complexity index is 1090. The number of hydrogen-bond donors (Lipinski definition) is 6. The predicted molar refractivity (Wildman–Crippen MR) is 119 cm³/mol. The molecule has 5 fully saturated rings. The second-order valence-corrected chi connectivity index (χ2v) is 12.3. The van der Waals surface area contributed by atoms with Gasteiger partial charge in [0, 0.05) is 12.6 Å². The second-order valence-electron chi connectivity index (χ2n) is 12.3. The Hall–Kier alpha value is -1.53. The van der Waals surface area contributed by atoms with E-state index in [1.54, 1.807) is 40.0 Å². The Morgan fingerprint density at radius 2 is 1.91 bits per heavy atom. The van der Waals surface area contributed by atoms with Gasteiger partial charge in [-0.25, -0.2) is 4.79 Å². The molecule has 0 amide bonds. The van der Waals surface area contributed by atoms with Gasteiger partial charge in [-0.1, -0.05) is 27.7 Å². The van der Waals surface area contributed by atoms with E-state index in [0.717, 1.165) is 0 Å². The van der Waals surface area contributed by atoms with Crippen molar-refractivity contribution >= 4 is 5.97 Å². The molecule has 6 N–H and O–H groups in total. The average molecular weight is 494 g/mol. The number of aromatic nitrogens is 1. The van der Waals surface area contributed by atoms with Crippen LogP contribution in [-0.2, 0) is 14.2 Å². The highest BCUT2D eigenvalue weighted by molar-refractivity contribution is 5.87. The summed E-state index contributed by atoms with van der Waals surface area (Å²) in [6.45, 7) is 8.36. The quantitative estimate of drug-likeness (QED) is 0.328. The molecule has 11 atom stereocenters. The number of fused-ring (bicyclic) bond motifs is 4. The van der Waals surface area contributed by atoms with E-state index in [0.29, 0.717) is 6.42 Å². The summed E-state index contributed by atoms with van der Waals surface area (Å²) in [7, 11) is 0. The van der Waals surface area contributed by atoms with Gasteiger partial charge in [0.05, 0.1) is 16.9 Å². The van der Waals surface area contributed by atoms with Crippen LogP contribution in [0.1, 0.15) is 64.4 Å². The van der Waals surface area contributed by atoms with E-state index in [4.69, 9.17) is 14.2 Å². The summed E-state index contributed by atoms with van der Waals surface area (Å²) in [6, 6.07) is 3.11. The Morgan fingerprint density at radius 1 is 1.23 bits per heavy atom. The topological polar surface area (TPSA) is 162 Å². The SMILES string of the molecule is CC(C)[C@@]1(O)[C@@H](OC(=O)c2ccc[nH]2)[C@]2(O)O[C@@H]3[C@]45O[C@@](O)(C[C@@]2(C)[C@@]4(O)CC[C@H](C)[C@H]5O)[C@]31C. The van der Waals surface area contributed by atoms with Gasteiger partial charge in [0.2, 0.25) is 5.79 Å². The summed E-state index contributed by atoms with van der Waals surface area (Å²) in [6.07, 6.45) is -2.37. The van der Waals surface area contributed by atoms with Gasteiger partial charge in [0.1, 0.15) is 23.0 Å². The molecular weight excluding hydrogens is 458 g/mol. The van der Waals surface area contributed by atoms with E-state index in [-0.39, 0.29) is 24.5 Å². The molecule has 5 heterocycles. The number of rotatable bonds is 3. The number of ether oxygens (including phenoxy) is 3. The Morgan fingerprint density at radius 3 is 2.51 bits per heavy atom. The number of carbonyl (C=O) groups excluding carboxylic acids is 1. The van der Waals surface area contributed by atoms with Crippen molar-refractivity contribution in [3.63, 3.8) is 0 Å². The zero-order valence-corrected chi connectivity index (χ0v) is 20.6. The molecule has 35 heavy (non-hydrogen) atoms. The van der Waals surface area contributed by atoms with Crippen molar-refractivity contribution < 1.29 is 44.5 Å². The molecule has 5 bridgehead atoms. The number of H-pyrrole nitrogens is 1. The van der Waals surface area contributed by atoms with Gasteiger partial charge < -0.3 is 44.7 Å². The molecule has 1 aliphatic carbocycles. The summed E-state index contributed by atoms with van der Waals surface area (Å²) in [4.78, 5) is 15.9. The molecule has 1 aromatic rings. The molecule has 1 aromatic heterocycles. The summed E-state index contributed by atoms with van der Waals surface area (Å²) in [5.41, 5.74) is -8.97. The number of hydrogen-bond acceptors (Lipinski definition) is 9. The van der Waals surface area contributed by atoms with Crippen LogP contribution in [0.15, 0.2) is 18.3 Å². The first-order valence-electron chi connectivity index (χ1n) is 12.4. The number of aliphatic hydroxyl groups excluding tert-OH is 1. The fraction of sp³-hybridized carbons (Fsp3) is 0.800. The zero-order valence-electron chi connectivity index (χ0n) is 20.6. The van der Waals surface area contributed by atoms with Crippen molar-refractivity contribution in [3.05, 3.63) is 24.0 Å². The third kappa shape index (κ3) is 2.04. The van der Waals surface area contributed by atoms with E-state index >= 15 is 0 Å². The summed E-state index contributed by atoms with van der Waals surface area (Å²) >= 11 is 0. The monoisotopic (exact) mass is 493 g/mol. The molecule has 0 unspecified atom stereocenters. The fourth-order valence-electron chi connectivity index (χ4n) is 8.68. The maximum absolute atomic E-state index is 13.1. The third-order valence-electron chi connectivity index (χ3n) is 10.8. The minimum Gasteiger partial charge on any atom is -0.449 e. The van der Waals surface area contributed by atoms with Gasteiger partial charge in [0.15, 0.2) is 17.5 Å². The lowest BCUT2D eigenvalue weighted by Crippen LogP contribution is -2.90. The Kier molecular flexibility index (Phi) is 4.29. The van der Waals surface area contributed by atoms with E-state index in [2.05, 4.69) is 4.98 Å². The maximum Gasteiger partial charge on any atom is 0.355 e. The smallest absolute Gasteiger partial charge is 0.355 e. The van der Waals surface area contributed by atoms with Crippen LogP contribution in [0.4, 0.5) is 0 Å². The number of carbonyl (C=O) groups is 1. The maximum atomic E-state index is 13.1. The minimum absolute atomic E-state index is 0.108. The molecule has 10 heteroatoms. The first kappa shape index (κ1) is 23.8. The molecular formula is C25H35NO9. The Balaban J connectivity index is 1.64. The van der Waals surface area contributed by atoms with Crippen molar-refractivity contribution in [2.24, 2.45) is 22.7 Å². The van der Waals surface area contributed by atoms with E-state index in [9.17, 15) is 30.3 Å². The van der Waals surface area contributed by atoms with Crippen molar-refractivity contribution in [2.75, 3.05) is 0 Å². The average Bonchev–Trinajstić information content (AvgIpc) is 3.36. The van der Waals surface area contributed by atoms with Crippen molar-refractivity contribution in [2.45, 2.75) is 101 Å². The van der Waals surface area contributed by atoms with Crippen LogP contribution in [0.3, 0.4) is 0 Å². The van der Waals surface area contributed by atoms with Crippen LogP contribution >= 0.6 is 0 Å². The van der Waals surface area contributed by atoms with Gasteiger partial charge in [-0.15, -0.1) is 0 Å². The number of esters is 1. The fourth-order valence-corrected chi connectivity index (χ4v) is 8.68. The summed E-state index contributed by atoms with van der Waals surface area (Å²) < 4.78 is 18.5. The van der Waals surface area contributed by atoms with E-state index in [1.807, 2.05) is 6.92 Å². The van der Waals surface area contributed by atoms with Crippen LogP contribution in [0, 0.1) is 22.7 Å². The molecule has 10 nitrogen and oxygen atoms in total. The standard InChI is InChI=1S/C25H35NO9/c1-12(2)23(31)18(33-16(28)14-7-6-10-26-14)25(32)19(4)11-22(30)20(23,5)17(34-25)24(35-22)15(27)13(3)8-9-21(19,24)29/h6-7,10,12-13,15,17-18,26-27,29-32H,8-9,11H2,1-5H3/t13-,15+,17-,18+,19-,20-,21-,22-,23+,24-,25-/m0/s1. The zero-order chi connectivity index (χ0) is 25.6. The molecule has 4 aliphatic heterocycles. The largest absolute Gasteiger partial charge is 0.449 e. The Labute approximate surface area is 203 Å². The highest BCUT2D eigenvalue weighted by atomic mass is 16.7. The lowest BCUT2D eigenvalue weighted by molar-refractivity contribution is -0.496. The number of aliphatic hydroxyl groups is 5. The molecule has 5 aliphatic rings. The summed E-state index contributed by atoms with van der Waals surface area (Å²) in [5, 5.41) is 61.0. The number of aromatic amines is 1. The van der Waals surface area contributed by atoms with Crippen molar-refractivity contribution in [1.82, 2.24) is 4.98 Å². The van der Waals surface area contributed by atoms with Crippen LogP contribution < -0.4 is 0 Å². The first-order chi connectivity index (χ1) is 16.1. The van der Waals surface area contributed by atoms with Crippen LogP contribution in [-0.4, -0.2) is 83.2 Å². The highest BCUT2D eigenvalue weighted by Crippen LogP contribution is 2.82. The van der Waals surface area contributed by atoms with Crippen LogP contribution in [0.5, 0.6) is 0 Å². The van der Waals surface area contributed by atoms with E-state index in [1.165, 1.54) is 6.07 Å². The molecule has 4 saturated heterocycles. The normalized spacial score (nSPS) is 58.0. The minimum atomic E-state index is -2.40. The van der Waals surface area contributed by atoms with E-state index < -0.39 is 69.4 Å². The first-order valence-corrected chi connectivity index (χ1v) is 12.4. The molecule has 1 saturated carbocycles. The second kappa shape index (κ2) is 6.30. The molecule has 0 radical (unpaired) electrons. The lowest BCUT2D eigenvalue weighted by atomic mass is 9.44. The molecule has 0 aromatic carbocycles. The van der Waals surface area contributed by atoms with Gasteiger partial charge in [-0.2, -0.15) is 0 Å². The predicted octanol–water partition coefficient (Wildman–Crippen LogP) is 0.424. The summed E-state index contributed by atoms with van der Waals surface area (Å²) in [5.74, 6) is -6.29. The van der Waals surface area contributed by atoms with Crippen LogP contribution in [0.2, 0.25) is 0 Å². The van der Waals surface area contributed by atoms with Gasteiger partial charge in [-0.05, 0) is 43.7 Å². The van der Waals surface area contributed by atoms with Crippen molar-refractivity contribution in [1.29, 1.82) is 0 Å². The molecule has 194 valence electrons. The number of nitrogens with one attached hydrogen (secondary N) is 1. The molecule has 1 spiro atoms. The van der Waals surface area contributed by atoms with Gasteiger partial charge >= 0.3 is 5.97 Å². The van der Waals surface area contributed by atoms with Gasteiger partial charge in [0.25, 0.3) is 0 Å². The van der Waals surface area contributed by atoms with Crippen molar-refractivity contribution in [3.8, 4) is 0 Å². The lowest BCUT2D eigenvalue weighted by Gasteiger charge is -2.73. The van der Waals surface area contributed by atoms with Crippen LogP contribution in [0.25, 0.3) is 0 Å².